The minimum absolute atomic E-state index is 0.159. The Morgan fingerprint density at radius 2 is 2.05 bits per heavy atom. The van der Waals surface area contributed by atoms with Crippen LogP contribution >= 0.6 is 0 Å². The number of nitrogens with one attached hydrogen (secondary N) is 1. The van der Waals surface area contributed by atoms with Crippen molar-refractivity contribution in [3.05, 3.63) is 0 Å². The lowest BCUT2D eigenvalue weighted by atomic mass is 9.73. The first kappa shape index (κ1) is 15.3. The number of piperidine rings is 2. The fraction of sp³-hybridized carbons (Fsp3) is 0.867. The lowest BCUT2D eigenvalue weighted by molar-refractivity contribution is -0.147. The molecular weight excluding hydrogens is 254 g/mol. The molecule has 1 atom stereocenters. The second-order valence-corrected chi connectivity index (χ2v) is 6.27. The van der Waals surface area contributed by atoms with Crippen molar-refractivity contribution in [3.8, 4) is 0 Å². The maximum Gasteiger partial charge on any atom is 0.228 e. The summed E-state index contributed by atoms with van der Waals surface area (Å²) in [6, 6.07) is 0. The van der Waals surface area contributed by atoms with Crippen molar-refractivity contribution in [3.63, 3.8) is 0 Å². The minimum atomic E-state index is -0.266. The van der Waals surface area contributed by atoms with Crippen LogP contribution in [0.4, 0.5) is 0 Å². The van der Waals surface area contributed by atoms with Gasteiger partial charge in [0, 0.05) is 13.1 Å². The Kier molecular flexibility index (Phi) is 5.02. The van der Waals surface area contributed by atoms with E-state index in [4.69, 9.17) is 5.73 Å². The van der Waals surface area contributed by atoms with Crippen LogP contribution in [0.1, 0.15) is 45.4 Å². The molecule has 114 valence electrons. The van der Waals surface area contributed by atoms with Gasteiger partial charge in [-0.15, -0.1) is 0 Å². The van der Waals surface area contributed by atoms with Crippen LogP contribution in [-0.4, -0.2) is 42.9 Å². The summed E-state index contributed by atoms with van der Waals surface area (Å²) < 4.78 is 0. The number of carbonyl (C=O) groups excluding carboxylic acids is 2. The minimum Gasteiger partial charge on any atom is -0.369 e. The maximum atomic E-state index is 13.0. The van der Waals surface area contributed by atoms with Gasteiger partial charge in [-0.2, -0.15) is 0 Å². The van der Waals surface area contributed by atoms with E-state index in [1.807, 2.05) is 4.90 Å². The molecule has 1 unspecified atom stereocenters. The monoisotopic (exact) mass is 281 g/mol. The molecule has 2 amide bonds. The molecule has 0 bridgehead atoms. The van der Waals surface area contributed by atoms with Gasteiger partial charge in [0.1, 0.15) is 0 Å². The zero-order chi connectivity index (χ0) is 14.6. The molecule has 2 aliphatic heterocycles. The third-order valence-corrected chi connectivity index (χ3v) is 4.85. The number of rotatable bonds is 4. The van der Waals surface area contributed by atoms with E-state index >= 15 is 0 Å². The molecule has 20 heavy (non-hydrogen) atoms. The molecule has 2 fully saturated rings. The molecular formula is C15H27N3O2. The van der Waals surface area contributed by atoms with E-state index in [1.165, 1.54) is 0 Å². The molecule has 5 nitrogen and oxygen atoms in total. The Labute approximate surface area is 121 Å². The highest BCUT2D eigenvalue weighted by atomic mass is 16.2. The summed E-state index contributed by atoms with van der Waals surface area (Å²) in [5.74, 6) is -0.169. The molecule has 0 aliphatic carbocycles. The van der Waals surface area contributed by atoms with E-state index in [0.717, 1.165) is 58.2 Å². The van der Waals surface area contributed by atoms with Crippen molar-refractivity contribution in [1.29, 1.82) is 0 Å². The molecule has 0 aromatic heterocycles. The average molecular weight is 281 g/mol. The molecule has 0 saturated carbocycles. The van der Waals surface area contributed by atoms with Gasteiger partial charge in [0.25, 0.3) is 0 Å². The lowest BCUT2D eigenvalue weighted by Gasteiger charge is -2.42. The maximum absolute atomic E-state index is 13.0. The quantitative estimate of drug-likeness (QED) is 0.803. The second-order valence-electron chi connectivity index (χ2n) is 6.27. The van der Waals surface area contributed by atoms with Gasteiger partial charge in [-0.3, -0.25) is 9.59 Å². The summed E-state index contributed by atoms with van der Waals surface area (Å²) in [5.41, 5.74) is 5.20. The van der Waals surface area contributed by atoms with E-state index in [-0.39, 0.29) is 23.1 Å². The smallest absolute Gasteiger partial charge is 0.228 e. The van der Waals surface area contributed by atoms with Crippen LogP contribution in [-0.2, 0) is 9.59 Å². The number of nitrogens with zero attached hydrogens (tertiary/aromatic N) is 1. The number of hydrogen-bond acceptors (Lipinski definition) is 3. The molecule has 3 N–H and O–H groups in total. The van der Waals surface area contributed by atoms with Crippen LogP contribution in [0.3, 0.4) is 0 Å². The fourth-order valence-corrected chi connectivity index (χ4v) is 3.68. The number of primary amides is 1. The highest BCUT2D eigenvalue weighted by Gasteiger charge is 2.42. The Balaban J connectivity index is 2.08. The Bertz CT molecular complexity index is 359. The van der Waals surface area contributed by atoms with Gasteiger partial charge >= 0.3 is 0 Å². The summed E-state index contributed by atoms with van der Waals surface area (Å²) in [7, 11) is 0. The van der Waals surface area contributed by atoms with Crippen LogP contribution in [0.5, 0.6) is 0 Å². The van der Waals surface area contributed by atoms with Crippen LogP contribution in [0.15, 0.2) is 0 Å². The highest BCUT2D eigenvalue weighted by molar-refractivity contribution is 5.84. The molecule has 0 aromatic rings. The molecule has 0 aromatic carbocycles. The summed E-state index contributed by atoms with van der Waals surface area (Å²) in [6.45, 7) is 5.27. The predicted molar refractivity (Wildman–Crippen MR) is 77.9 cm³/mol. The molecule has 2 aliphatic rings. The molecule has 2 heterocycles. The highest BCUT2D eigenvalue weighted by Crippen LogP contribution is 2.37. The number of nitrogens with two attached hydrogens (primary N) is 1. The zero-order valence-corrected chi connectivity index (χ0v) is 12.5. The molecule has 2 rings (SSSR count). The third-order valence-electron chi connectivity index (χ3n) is 4.85. The first-order valence-electron chi connectivity index (χ1n) is 7.88. The molecule has 2 saturated heterocycles. The van der Waals surface area contributed by atoms with Crippen molar-refractivity contribution >= 4 is 11.8 Å². The first-order valence-corrected chi connectivity index (χ1v) is 7.88. The molecule has 5 heteroatoms. The number of amides is 2. The van der Waals surface area contributed by atoms with E-state index < -0.39 is 0 Å². The van der Waals surface area contributed by atoms with Gasteiger partial charge in [-0.05, 0) is 45.2 Å². The van der Waals surface area contributed by atoms with E-state index in [1.54, 1.807) is 0 Å². The fourth-order valence-electron chi connectivity index (χ4n) is 3.68. The summed E-state index contributed by atoms with van der Waals surface area (Å²) in [6.07, 6.45) is 5.51. The van der Waals surface area contributed by atoms with Crippen molar-refractivity contribution in [2.75, 3.05) is 26.2 Å². The first-order chi connectivity index (χ1) is 9.59. The standard InChI is InChI=1S/C15H27N3O2/c1-2-5-15(6-8-17-9-7-15)14(20)18-10-3-4-12(11-18)13(16)19/h12,17H,2-11H2,1H3,(H2,16,19). The Hall–Kier alpha value is -1.10. The van der Waals surface area contributed by atoms with Gasteiger partial charge in [0.15, 0.2) is 0 Å². The van der Waals surface area contributed by atoms with E-state index in [0.29, 0.717) is 6.54 Å². The van der Waals surface area contributed by atoms with Crippen molar-refractivity contribution in [2.45, 2.75) is 45.4 Å². The van der Waals surface area contributed by atoms with Crippen LogP contribution in [0.25, 0.3) is 0 Å². The number of likely N-dealkylation sites (tertiary alicyclic amines) is 1. The van der Waals surface area contributed by atoms with Gasteiger partial charge < -0.3 is 16.0 Å². The molecule has 0 spiro atoms. The van der Waals surface area contributed by atoms with Crippen molar-refractivity contribution < 1.29 is 9.59 Å². The number of carbonyl (C=O) groups is 2. The van der Waals surface area contributed by atoms with Gasteiger partial charge in [0.05, 0.1) is 11.3 Å². The Morgan fingerprint density at radius 3 is 2.65 bits per heavy atom. The number of hydrogen-bond donors (Lipinski definition) is 2. The average Bonchev–Trinajstić information content (AvgIpc) is 2.48. The van der Waals surface area contributed by atoms with E-state index in [9.17, 15) is 9.59 Å². The summed E-state index contributed by atoms with van der Waals surface area (Å²) in [4.78, 5) is 26.3. The second kappa shape index (κ2) is 6.57. The normalized spacial score (nSPS) is 26.2. The van der Waals surface area contributed by atoms with Crippen LogP contribution < -0.4 is 11.1 Å². The largest absolute Gasteiger partial charge is 0.369 e. The molecule has 0 radical (unpaired) electrons. The van der Waals surface area contributed by atoms with E-state index in [2.05, 4.69) is 12.2 Å². The topological polar surface area (TPSA) is 75.4 Å². The van der Waals surface area contributed by atoms with Crippen molar-refractivity contribution in [1.82, 2.24) is 10.2 Å². The van der Waals surface area contributed by atoms with Gasteiger partial charge in [-0.25, -0.2) is 0 Å². The van der Waals surface area contributed by atoms with Gasteiger partial charge in [-0.1, -0.05) is 13.3 Å². The summed E-state index contributed by atoms with van der Waals surface area (Å²) >= 11 is 0. The lowest BCUT2D eigenvalue weighted by Crippen LogP contribution is -2.53. The third kappa shape index (κ3) is 3.14. The Morgan fingerprint density at radius 1 is 1.35 bits per heavy atom. The van der Waals surface area contributed by atoms with Crippen LogP contribution in [0, 0.1) is 11.3 Å². The zero-order valence-electron chi connectivity index (χ0n) is 12.5. The van der Waals surface area contributed by atoms with Gasteiger partial charge in [0.2, 0.25) is 11.8 Å². The summed E-state index contributed by atoms with van der Waals surface area (Å²) in [5, 5.41) is 3.34. The predicted octanol–water partition coefficient (Wildman–Crippen LogP) is 0.880. The van der Waals surface area contributed by atoms with Crippen molar-refractivity contribution in [2.24, 2.45) is 17.1 Å². The SMILES string of the molecule is CCCC1(C(=O)N2CCCC(C(N)=O)C2)CCNCC1. The van der Waals surface area contributed by atoms with Crippen LogP contribution in [0.2, 0.25) is 0 Å².